The maximum absolute atomic E-state index is 11.7. The summed E-state index contributed by atoms with van der Waals surface area (Å²) in [5.74, 6) is -0.125. The summed E-state index contributed by atoms with van der Waals surface area (Å²) in [6, 6.07) is 14.6. The van der Waals surface area contributed by atoms with E-state index in [1.807, 2.05) is 36.4 Å². The van der Waals surface area contributed by atoms with E-state index in [4.69, 9.17) is 27.9 Å². The Kier molecular flexibility index (Phi) is 4.15. The average molecular weight is 322 g/mol. The van der Waals surface area contributed by atoms with Crippen LogP contribution in [-0.4, -0.2) is 12.5 Å². The number of benzene rings is 2. The summed E-state index contributed by atoms with van der Waals surface area (Å²) in [7, 11) is 0. The van der Waals surface area contributed by atoms with E-state index in [-0.39, 0.29) is 24.7 Å². The lowest BCUT2D eigenvalue weighted by Crippen LogP contribution is -2.41. The first-order valence-electron chi connectivity index (χ1n) is 6.55. The second kappa shape index (κ2) is 6.06. The quantitative estimate of drug-likeness (QED) is 0.910. The van der Waals surface area contributed by atoms with Gasteiger partial charge >= 0.3 is 0 Å². The van der Waals surface area contributed by atoms with E-state index >= 15 is 0 Å². The molecule has 0 radical (unpaired) electrons. The standard InChI is InChI=1S/C16H13Cl2NO2/c17-12-5-1-10(2-6-12)15-16(21-9-14(20)19-15)11-3-7-13(18)8-4-11/h1-8,15-16H,9H2,(H,19,20)/t15-,16+/m0/s1. The topological polar surface area (TPSA) is 38.3 Å². The minimum atomic E-state index is -0.249. The number of halogens is 2. The third-order valence-electron chi connectivity index (χ3n) is 3.44. The molecule has 0 saturated carbocycles. The van der Waals surface area contributed by atoms with E-state index in [2.05, 4.69) is 5.32 Å². The molecule has 1 fully saturated rings. The Labute approximate surface area is 132 Å². The van der Waals surface area contributed by atoms with Crippen molar-refractivity contribution in [2.75, 3.05) is 6.61 Å². The molecule has 2 aromatic carbocycles. The van der Waals surface area contributed by atoms with E-state index in [1.165, 1.54) is 0 Å². The van der Waals surface area contributed by atoms with E-state index in [0.717, 1.165) is 11.1 Å². The van der Waals surface area contributed by atoms with Crippen LogP contribution >= 0.6 is 23.2 Å². The predicted octanol–water partition coefficient (Wildman–Crippen LogP) is 3.92. The molecular formula is C16H13Cl2NO2. The van der Waals surface area contributed by atoms with E-state index < -0.39 is 0 Å². The molecule has 2 atom stereocenters. The van der Waals surface area contributed by atoms with E-state index in [9.17, 15) is 4.79 Å². The molecule has 0 aliphatic carbocycles. The van der Waals surface area contributed by atoms with Gasteiger partial charge in [-0.25, -0.2) is 0 Å². The third-order valence-corrected chi connectivity index (χ3v) is 3.94. The van der Waals surface area contributed by atoms with Crippen LogP contribution in [0, 0.1) is 0 Å². The molecule has 0 spiro atoms. The van der Waals surface area contributed by atoms with Crippen LogP contribution in [0.25, 0.3) is 0 Å². The number of ether oxygens (including phenoxy) is 1. The van der Waals surface area contributed by atoms with Crippen LogP contribution in [0.1, 0.15) is 23.3 Å². The van der Waals surface area contributed by atoms with Crippen LogP contribution in [0.3, 0.4) is 0 Å². The van der Waals surface area contributed by atoms with Gasteiger partial charge in [0.05, 0.1) is 6.04 Å². The molecule has 1 heterocycles. The minimum absolute atomic E-state index is 0.0530. The van der Waals surface area contributed by atoms with Crippen molar-refractivity contribution in [3.63, 3.8) is 0 Å². The second-order valence-electron chi connectivity index (χ2n) is 4.88. The lowest BCUT2D eigenvalue weighted by Gasteiger charge is -2.33. The zero-order valence-corrected chi connectivity index (χ0v) is 12.6. The summed E-state index contributed by atoms with van der Waals surface area (Å²) >= 11 is 11.8. The molecule has 3 rings (SSSR count). The van der Waals surface area contributed by atoms with Gasteiger partial charge in [0.25, 0.3) is 0 Å². The average Bonchev–Trinajstić information content (AvgIpc) is 2.49. The summed E-state index contributed by atoms with van der Waals surface area (Å²) in [5.41, 5.74) is 1.92. The molecule has 1 N–H and O–H groups in total. The molecule has 1 saturated heterocycles. The highest BCUT2D eigenvalue weighted by Crippen LogP contribution is 2.35. The van der Waals surface area contributed by atoms with E-state index in [1.54, 1.807) is 12.1 Å². The molecule has 5 heteroatoms. The molecular weight excluding hydrogens is 309 g/mol. The van der Waals surface area contributed by atoms with E-state index in [0.29, 0.717) is 10.0 Å². The van der Waals surface area contributed by atoms with Crippen molar-refractivity contribution < 1.29 is 9.53 Å². The largest absolute Gasteiger partial charge is 0.361 e. The van der Waals surface area contributed by atoms with Crippen molar-refractivity contribution in [1.29, 1.82) is 0 Å². The SMILES string of the molecule is O=C1CO[C@H](c2ccc(Cl)cc2)[C@H](c2ccc(Cl)cc2)N1. The van der Waals surface area contributed by atoms with Gasteiger partial charge in [-0.3, -0.25) is 4.79 Å². The van der Waals surface area contributed by atoms with Crippen molar-refractivity contribution in [3.8, 4) is 0 Å². The fourth-order valence-corrected chi connectivity index (χ4v) is 2.67. The zero-order valence-electron chi connectivity index (χ0n) is 11.1. The van der Waals surface area contributed by atoms with Crippen molar-refractivity contribution in [2.45, 2.75) is 12.1 Å². The number of morpholine rings is 1. The summed E-state index contributed by atoms with van der Waals surface area (Å²) in [6.45, 7) is 0.0530. The van der Waals surface area contributed by atoms with Crippen molar-refractivity contribution in [2.24, 2.45) is 0 Å². The molecule has 108 valence electrons. The second-order valence-corrected chi connectivity index (χ2v) is 5.75. The van der Waals surface area contributed by atoms with Gasteiger partial charge in [-0.2, -0.15) is 0 Å². The lowest BCUT2D eigenvalue weighted by molar-refractivity contribution is -0.137. The number of amides is 1. The number of hydrogen-bond donors (Lipinski definition) is 1. The number of nitrogens with one attached hydrogen (secondary N) is 1. The zero-order chi connectivity index (χ0) is 14.8. The Morgan fingerprint density at radius 3 is 2.00 bits per heavy atom. The number of carbonyl (C=O) groups excluding carboxylic acids is 1. The number of hydrogen-bond acceptors (Lipinski definition) is 2. The number of rotatable bonds is 2. The third kappa shape index (κ3) is 3.21. The maximum atomic E-state index is 11.7. The fourth-order valence-electron chi connectivity index (χ4n) is 2.42. The smallest absolute Gasteiger partial charge is 0.246 e. The first-order valence-corrected chi connectivity index (χ1v) is 7.31. The van der Waals surface area contributed by atoms with Gasteiger partial charge in [0.15, 0.2) is 0 Å². The normalized spacial score (nSPS) is 21.9. The molecule has 3 nitrogen and oxygen atoms in total. The summed E-state index contributed by atoms with van der Waals surface area (Å²) in [4.78, 5) is 11.7. The molecule has 1 aliphatic heterocycles. The monoisotopic (exact) mass is 321 g/mol. The summed E-state index contributed by atoms with van der Waals surface area (Å²) in [5, 5.41) is 4.30. The van der Waals surface area contributed by atoms with Gasteiger partial charge < -0.3 is 10.1 Å². The van der Waals surface area contributed by atoms with Crippen LogP contribution in [-0.2, 0) is 9.53 Å². The highest BCUT2D eigenvalue weighted by molar-refractivity contribution is 6.30. The highest BCUT2D eigenvalue weighted by atomic mass is 35.5. The number of carbonyl (C=O) groups is 1. The van der Waals surface area contributed by atoms with Crippen LogP contribution in [0.2, 0.25) is 10.0 Å². The van der Waals surface area contributed by atoms with Gasteiger partial charge in [0, 0.05) is 10.0 Å². The summed E-state index contributed by atoms with van der Waals surface area (Å²) < 4.78 is 5.73. The van der Waals surface area contributed by atoms with Gasteiger partial charge in [-0.05, 0) is 35.4 Å². The van der Waals surface area contributed by atoms with Crippen molar-refractivity contribution >= 4 is 29.1 Å². The van der Waals surface area contributed by atoms with Crippen LogP contribution in [0.4, 0.5) is 0 Å². The van der Waals surface area contributed by atoms with Gasteiger partial charge in [-0.1, -0.05) is 47.5 Å². The minimum Gasteiger partial charge on any atom is -0.361 e. The van der Waals surface area contributed by atoms with Crippen LogP contribution in [0.5, 0.6) is 0 Å². The molecule has 0 unspecified atom stereocenters. The molecule has 0 bridgehead atoms. The van der Waals surface area contributed by atoms with Crippen molar-refractivity contribution in [1.82, 2.24) is 5.32 Å². The Morgan fingerprint density at radius 1 is 0.905 bits per heavy atom. The first kappa shape index (κ1) is 14.4. The van der Waals surface area contributed by atoms with Gasteiger partial charge in [-0.15, -0.1) is 0 Å². The lowest BCUT2D eigenvalue weighted by atomic mass is 9.94. The molecule has 21 heavy (non-hydrogen) atoms. The van der Waals surface area contributed by atoms with Crippen molar-refractivity contribution in [3.05, 3.63) is 69.7 Å². The first-order chi connectivity index (χ1) is 10.1. The van der Waals surface area contributed by atoms with Gasteiger partial charge in [0.1, 0.15) is 12.7 Å². The van der Waals surface area contributed by atoms with Crippen LogP contribution in [0.15, 0.2) is 48.5 Å². The highest BCUT2D eigenvalue weighted by Gasteiger charge is 2.31. The summed E-state index contributed by atoms with van der Waals surface area (Å²) in [6.07, 6.45) is -0.249. The molecule has 1 amide bonds. The molecule has 0 aromatic heterocycles. The maximum Gasteiger partial charge on any atom is 0.246 e. The Balaban J connectivity index is 1.94. The van der Waals surface area contributed by atoms with Gasteiger partial charge in [0.2, 0.25) is 5.91 Å². The fraction of sp³-hybridized carbons (Fsp3) is 0.188. The Bertz CT molecular complexity index is 640. The molecule has 1 aliphatic rings. The Morgan fingerprint density at radius 2 is 1.43 bits per heavy atom. The molecule has 2 aromatic rings. The Hall–Kier alpha value is -1.55. The predicted molar refractivity (Wildman–Crippen MR) is 82.5 cm³/mol. The van der Waals surface area contributed by atoms with Crippen LogP contribution < -0.4 is 5.32 Å².